The molecular weight excluding hydrogens is 220 g/mol. The van der Waals surface area contributed by atoms with E-state index in [0.717, 1.165) is 24.4 Å². The Morgan fingerprint density at radius 2 is 2.43 bits per heavy atom. The number of aliphatic hydroxyl groups excluding tert-OH is 1. The topological polar surface area (TPSA) is 36.4 Å². The summed E-state index contributed by atoms with van der Waals surface area (Å²) in [6, 6.07) is 0. The molecule has 0 aromatic carbocycles. The molecule has 3 nitrogen and oxygen atoms in total. The molecule has 1 atom stereocenters. The van der Waals surface area contributed by atoms with Gasteiger partial charge in [0.2, 0.25) is 0 Å². The number of thiazole rings is 1. The second-order valence-electron chi connectivity index (χ2n) is 3.46. The van der Waals surface area contributed by atoms with Gasteiger partial charge in [0.1, 0.15) is 0 Å². The summed E-state index contributed by atoms with van der Waals surface area (Å²) in [7, 11) is 2.02. The molecule has 0 aliphatic rings. The standard InChI is InChI=1S/C9H15ClN2OS/c1-7(13)3-4-12(2)6-8-5-11-9(10)14-8/h5,7,13H,3-4,6H2,1-2H3. The van der Waals surface area contributed by atoms with E-state index in [2.05, 4.69) is 9.88 Å². The van der Waals surface area contributed by atoms with E-state index in [9.17, 15) is 0 Å². The number of halogens is 1. The molecule has 1 N–H and O–H groups in total. The highest BCUT2D eigenvalue weighted by Gasteiger charge is 2.05. The molecule has 80 valence electrons. The van der Waals surface area contributed by atoms with Gasteiger partial charge in [0, 0.05) is 24.2 Å². The summed E-state index contributed by atoms with van der Waals surface area (Å²) in [5.74, 6) is 0. The predicted molar refractivity (Wildman–Crippen MR) is 59.8 cm³/mol. The van der Waals surface area contributed by atoms with Crippen LogP contribution >= 0.6 is 22.9 Å². The molecule has 0 aliphatic heterocycles. The van der Waals surface area contributed by atoms with Crippen LogP contribution in [0.25, 0.3) is 0 Å². The summed E-state index contributed by atoms with van der Waals surface area (Å²) in [5, 5.41) is 9.11. The zero-order valence-electron chi connectivity index (χ0n) is 8.40. The van der Waals surface area contributed by atoms with Crippen LogP contribution in [0.1, 0.15) is 18.2 Å². The number of rotatable bonds is 5. The maximum Gasteiger partial charge on any atom is 0.183 e. The molecular formula is C9H15ClN2OS. The average Bonchev–Trinajstić information content (AvgIpc) is 2.48. The highest BCUT2D eigenvalue weighted by atomic mass is 35.5. The van der Waals surface area contributed by atoms with Crippen molar-refractivity contribution in [2.24, 2.45) is 0 Å². The Morgan fingerprint density at radius 1 is 1.71 bits per heavy atom. The summed E-state index contributed by atoms with van der Waals surface area (Å²) in [6.45, 7) is 3.53. The van der Waals surface area contributed by atoms with Crippen LogP contribution in [-0.2, 0) is 6.54 Å². The van der Waals surface area contributed by atoms with Crippen molar-refractivity contribution in [3.63, 3.8) is 0 Å². The van der Waals surface area contributed by atoms with Crippen LogP contribution < -0.4 is 0 Å². The van der Waals surface area contributed by atoms with Gasteiger partial charge in [0.05, 0.1) is 6.10 Å². The minimum absolute atomic E-state index is 0.234. The first-order valence-electron chi connectivity index (χ1n) is 4.54. The van der Waals surface area contributed by atoms with Crippen LogP contribution in [0, 0.1) is 0 Å². The first-order chi connectivity index (χ1) is 6.58. The lowest BCUT2D eigenvalue weighted by atomic mass is 10.3. The number of nitrogens with zero attached hydrogens (tertiary/aromatic N) is 2. The molecule has 1 aromatic rings. The fourth-order valence-corrected chi connectivity index (χ4v) is 2.17. The quantitative estimate of drug-likeness (QED) is 0.847. The summed E-state index contributed by atoms with van der Waals surface area (Å²) in [4.78, 5) is 7.28. The molecule has 1 aromatic heterocycles. The van der Waals surface area contributed by atoms with Gasteiger partial charge in [0.15, 0.2) is 4.47 Å². The van der Waals surface area contributed by atoms with Gasteiger partial charge in [-0.2, -0.15) is 0 Å². The normalized spacial score (nSPS) is 13.5. The molecule has 0 fully saturated rings. The van der Waals surface area contributed by atoms with Crippen LogP contribution in [0.3, 0.4) is 0 Å². The number of hydrogen-bond donors (Lipinski definition) is 1. The lowest BCUT2D eigenvalue weighted by Crippen LogP contribution is -2.21. The van der Waals surface area contributed by atoms with E-state index in [1.54, 1.807) is 13.1 Å². The van der Waals surface area contributed by atoms with Crippen LogP contribution in [-0.4, -0.2) is 34.7 Å². The SMILES string of the molecule is CC(O)CCN(C)Cc1cnc(Cl)s1. The van der Waals surface area contributed by atoms with Gasteiger partial charge in [-0.1, -0.05) is 11.6 Å². The fraction of sp³-hybridized carbons (Fsp3) is 0.667. The summed E-state index contributed by atoms with van der Waals surface area (Å²) >= 11 is 7.22. The van der Waals surface area contributed by atoms with Crippen LogP contribution in [0.4, 0.5) is 0 Å². The predicted octanol–water partition coefficient (Wildman–Crippen LogP) is 2.00. The van der Waals surface area contributed by atoms with Crippen molar-refractivity contribution in [3.05, 3.63) is 15.5 Å². The van der Waals surface area contributed by atoms with E-state index in [4.69, 9.17) is 16.7 Å². The van der Waals surface area contributed by atoms with E-state index in [1.807, 2.05) is 7.05 Å². The first-order valence-corrected chi connectivity index (χ1v) is 5.74. The van der Waals surface area contributed by atoms with Gasteiger partial charge in [-0.3, -0.25) is 0 Å². The molecule has 1 heterocycles. The number of aromatic nitrogens is 1. The van der Waals surface area contributed by atoms with Gasteiger partial charge in [0.25, 0.3) is 0 Å². The molecule has 1 unspecified atom stereocenters. The zero-order chi connectivity index (χ0) is 10.6. The highest BCUT2D eigenvalue weighted by Crippen LogP contribution is 2.18. The van der Waals surface area contributed by atoms with Gasteiger partial charge >= 0.3 is 0 Å². The van der Waals surface area contributed by atoms with Crippen molar-refractivity contribution in [3.8, 4) is 0 Å². The molecule has 0 saturated heterocycles. The van der Waals surface area contributed by atoms with Gasteiger partial charge in [-0.25, -0.2) is 4.98 Å². The van der Waals surface area contributed by atoms with Crippen LogP contribution in [0.5, 0.6) is 0 Å². The summed E-state index contributed by atoms with van der Waals surface area (Å²) < 4.78 is 0.587. The smallest absolute Gasteiger partial charge is 0.183 e. The van der Waals surface area contributed by atoms with Gasteiger partial charge in [-0.15, -0.1) is 11.3 Å². The Kier molecular flexibility index (Phi) is 4.81. The van der Waals surface area contributed by atoms with Crippen LogP contribution in [0.2, 0.25) is 4.47 Å². The van der Waals surface area contributed by atoms with E-state index in [0.29, 0.717) is 4.47 Å². The molecule has 0 amide bonds. The third-order valence-electron chi connectivity index (χ3n) is 1.88. The molecule has 0 saturated carbocycles. The minimum Gasteiger partial charge on any atom is -0.393 e. The largest absolute Gasteiger partial charge is 0.393 e. The second-order valence-corrected chi connectivity index (χ2v) is 5.15. The molecule has 0 spiro atoms. The van der Waals surface area contributed by atoms with Crippen molar-refractivity contribution < 1.29 is 5.11 Å². The lowest BCUT2D eigenvalue weighted by Gasteiger charge is -2.15. The molecule has 1 rings (SSSR count). The zero-order valence-corrected chi connectivity index (χ0v) is 9.98. The monoisotopic (exact) mass is 234 g/mol. The van der Waals surface area contributed by atoms with Crippen molar-refractivity contribution in [1.29, 1.82) is 0 Å². The molecule has 5 heteroatoms. The summed E-state index contributed by atoms with van der Waals surface area (Å²) in [6.07, 6.45) is 2.36. The fourth-order valence-electron chi connectivity index (χ4n) is 1.11. The van der Waals surface area contributed by atoms with Crippen molar-refractivity contribution in [2.75, 3.05) is 13.6 Å². The maximum atomic E-state index is 9.11. The third-order valence-corrected chi connectivity index (χ3v) is 2.98. The van der Waals surface area contributed by atoms with Gasteiger partial charge < -0.3 is 10.0 Å². The van der Waals surface area contributed by atoms with E-state index < -0.39 is 0 Å². The van der Waals surface area contributed by atoms with Crippen molar-refractivity contribution in [2.45, 2.75) is 26.0 Å². The molecule has 0 radical (unpaired) electrons. The van der Waals surface area contributed by atoms with E-state index in [1.165, 1.54) is 11.3 Å². The summed E-state index contributed by atoms with van der Waals surface area (Å²) in [5.41, 5.74) is 0. The Labute approximate surface area is 93.3 Å². The molecule has 14 heavy (non-hydrogen) atoms. The Balaban J connectivity index is 2.30. The maximum absolute atomic E-state index is 9.11. The Morgan fingerprint density at radius 3 is 2.93 bits per heavy atom. The molecule has 0 bridgehead atoms. The van der Waals surface area contributed by atoms with Crippen molar-refractivity contribution >= 4 is 22.9 Å². The Bertz CT molecular complexity index is 278. The highest BCUT2D eigenvalue weighted by molar-refractivity contribution is 7.15. The first kappa shape index (κ1) is 11.9. The number of hydrogen-bond acceptors (Lipinski definition) is 4. The minimum atomic E-state index is -0.234. The van der Waals surface area contributed by atoms with E-state index in [-0.39, 0.29) is 6.10 Å². The lowest BCUT2D eigenvalue weighted by molar-refractivity contribution is 0.163. The van der Waals surface area contributed by atoms with Crippen LogP contribution in [0.15, 0.2) is 6.20 Å². The van der Waals surface area contributed by atoms with Crippen molar-refractivity contribution in [1.82, 2.24) is 9.88 Å². The second kappa shape index (κ2) is 5.66. The Hall–Kier alpha value is -0.160. The molecule has 0 aliphatic carbocycles. The van der Waals surface area contributed by atoms with E-state index >= 15 is 0 Å². The third kappa shape index (κ3) is 4.37. The average molecular weight is 235 g/mol. The number of aliphatic hydroxyl groups is 1. The van der Waals surface area contributed by atoms with Gasteiger partial charge in [-0.05, 0) is 20.4 Å².